The molecule has 19 nitrogen and oxygen atoms in total. The number of amides is 2. The fourth-order valence-corrected chi connectivity index (χ4v) is 7.83. The minimum atomic E-state index is -5.05. The monoisotopic (exact) mass is 781 g/mol. The van der Waals surface area contributed by atoms with Crippen LogP contribution in [-0.4, -0.2) is 69.6 Å². The zero-order valence-corrected chi connectivity index (χ0v) is 28.1. The molecule has 2 amide bonds. The Morgan fingerprint density at radius 3 is 1.18 bits per heavy atom. The maximum atomic E-state index is 12.4. The van der Waals surface area contributed by atoms with Crippen LogP contribution in [0.25, 0.3) is 21.5 Å². The number of rotatable bonds is 11. The average molecular weight is 782 g/mol. The number of hydrogen-bond donors (Lipinski definition) is 4. The van der Waals surface area contributed by atoms with E-state index in [0.717, 1.165) is 76.5 Å². The SMILES string of the molecule is O=CN(c1cc(N(C=O)c2ccc3c(S(=O)(=O)O)cc(S(=O)(=O)O)cc3c2)cc([N+](=O)[O-])c1)c1ccc2c(S(=O)(=O)O)cc(S(=O)(=O)O)cc2c1. The maximum Gasteiger partial charge on any atom is 0.295 e. The van der Waals surface area contributed by atoms with Crippen molar-refractivity contribution in [3.8, 4) is 0 Å². The summed E-state index contributed by atoms with van der Waals surface area (Å²) in [5.41, 5.74) is -1.57. The molecule has 0 fully saturated rings. The van der Waals surface area contributed by atoms with Crippen LogP contribution in [0.15, 0.2) is 98.4 Å². The Morgan fingerprint density at radius 1 is 0.510 bits per heavy atom. The molecule has 5 rings (SSSR count). The van der Waals surface area contributed by atoms with Gasteiger partial charge >= 0.3 is 0 Å². The number of carbonyl (C=O) groups is 2. The number of fused-ring (bicyclic) bond motifs is 2. The smallest absolute Gasteiger partial charge is 0.283 e. The van der Waals surface area contributed by atoms with Gasteiger partial charge in [0.1, 0.15) is 9.79 Å². The highest BCUT2D eigenvalue weighted by Crippen LogP contribution is 2.38. The summed E-state index contributed by atoms with van der Waals surface area (Å²) < 4.78 is 134. The molecule has 0 heterocycles. The second kappa shape index (κ2) is 12.7. The molecular formula is C28H19N3O16S4. The van der Waals surface area contributed by atoms with E-state index >= 15 is 0 Å². The van der Waals surface area contributed by atoms with Crippen molar-refractivity contribution in [2.75, 3.05) is 9.80 Å². The van der Waals surface area contributed by atoms with Gasteiger partial charge in [0.25, 0.3) is 46.2 Å². The lowest BCUT2D eigenvalue weighted by Crippen LogP contribution is -2.18. The van der Waals surface area contributed by atoms with Gasteiger partial charge in [-0.2, -0.15) is 33.7 Å². The van der Waals surface area contributed by atoms with Crippen molar-refractivity contribution in [1.82, 2.24) is 0 Å². The molecule has 5 aromatic rings. The van der Waals surface area contributed by atoms with Crippen LogP contribution in [0.5, 0.6) is 0 Å². The Labute approximate surface area is 287 Å². The average Bonchev–Trinajstić information content (AvgIpc) is 3.02. The fourth-order valence-electron chi connectivity index (χ4n) is 5.12. The molecule has 51 heavy (non-hydrogen) atoms. The molecule has 5 aromatic carbocycles. The van der Waals surface area contributed by atoms with Gasteiger partial charge in [0.05, 0.1) is 26.1 Å². The van der Waals surface area contributed by atoms with Crippen LogP contribution in [0, 0.1) is 10.1 Å². The van der Waals surface area contributed by atoms with Gasteiger partial charge in [-0.15, -0.1) is 0 Å². The van der Waals surface area contributed by atoms with Crippen molar-refractivity contribution in [3.05, 3.63) is 89.0 Å². The second-order valence-corrected chi connectivity index (χ2v) is 16.1. The lowest BCUT2D eigenvalue weighted by molar-refractivity contribution is -0.384. The summed E-state index contributed by atoms with van der Waals surface area (Å²) >= 11 is 0. The third-order valence-electron chi connectivity index (χ3n) is 7.32. The molecule has 0 radical (unpaired) electrons. The third-order valence-corrected chi connectivity index (χ3v) is 10.8. The number of nitro benzene ring substituents is 1. The summed E-state index contributed by atoms with van der Waals surface area (Å²) in [6.45, 7) is 0. The van der Waals surface area contributed by atoms with Gasteiger partial charge in [-0.1, -0.05) is 12.1 Å². The quantitative estimate of drug-likeness (QED) is 0.0645. The first-order valence-corrected chi connectivity index (χ1v) is 19.1. The number of carbonyl (C=O) groups excluding carboxylic acids is 2. The van der Waals surface area contributed by atoms with E-state index in [1.165, 1.54) is 0 Å². The maximum absolute atomic E-state index is 12.4. The van der Waals surface area contributed by atoms with E-state index in [0.29, 0.717) is 12.1 Å². The number of hydrogen-bond acceptors (Lipinski definition) is 12. The van der Waals surface area contributed by atoms with Crippen LogP contribution in [0.2, 0.25) is 0 Å². The van der Waals surface area contributed by atoms with Crippen LogP contribution >= 0.6 is 0 Å². The third kappa shape index (κ3) is 7.40. The van der Waals surface area contributed by atoms with E-state index in [4.69, 9.17) is 0 Å². The Kier molecular flexibility index (Phi) is 9.21. The first-order valence-electron chi connectivity index (χ1n) is 13.4. The Morgan fingerprint density at radius 2 is 0.882 bits per heavy atom. The molecule has 0 saturated heterocycles. The Balaban J connectivity index is 1.70. The highest BCUT2D eigenvalue weighted by molar-refractivity contribution is 7.87. The summed E-state index contributed by atoms with van der Waals surface area (Å²) in [7, 11) is -20.1. The van der Waals surface area contributed by atoms with Gasteiger partial charge in [0.15, 0.2) is 0 Å². The standard InChI is InChI=1S/C28H19N3O16S4/c32-14-29(18-1-3-25-16(5-18)7-23(48(36,37)38)12-27(25)50(42,43)44)20-9-21(11-22(10-20)31(34)35)30(15-33)19-2-4-26-17(6-19)8-24(49(39,40)41)13-28(26)51(45,46)47/h1-15H,(H,36,37,38)(H,39,40,41)(H,42,43,44)(H,45,46,47). The normalized spacial score (nSPS) is 12.5. The van der Waals surface area contributed by atoms with Gasteiger partial charge in [0, 0.05) is 34.3 Å². The number of nitro groups is 1. The molecule has 0 aromatic heterocycles. The van der Waals surface area contributed by atoms with Crippen LogP contribution in [0.4, 0.5) is 28.4 Å². The molecular weight excluding hydrogens is 763 g/mol. The van der Waals surface area contributed by atoms with Crippen LogP contribution in [0.3, 0.4) is 0 Å². The predicted octanol–water partition coefficient (Wildman–Crippen LogP) is 3.48. The lowest BCUT2D eigenvalue weighted by atomic mass is 10.1. The van der Waals surface area contributed by atoms with Crippen molar-refractivity contribution in [2.45, 2.75) is 19.6 Å². The zero-order chi connectivity index (χ0) is 37.8. The molecule has 0 spiro atoms. The summed E-state index contributed by atoms with van der Waals surface area (Å²) in [6, 6.07) is 12.1. The Hall–Kier alpha value is -5.40. The second-order valence-electron chi connectivity index (χ2n) is 10.5. The first kappa shape index (κ1) is 36.9. The number of anilines is 4. The molecule has 0 unspecified atom stereocenters. The topological polar surface area (TPSA) is 301 Å². The highest BCUT2D eigenvalue weighted by atomic mass is 32.2. The summed E-state index contributed by atoms with van der Waals surface area (Å²) in [5.74, 6) is 0. The van der Waals surface area contributed by atoms with Gasteiger partial charge in [0.2, 0.25) is 12.8 Å². The van der Waals surface area contributed by atoms with Gasteiger partial charge in [-0.05, 0) is 65.4 Å². The lowest BCUT2D eigenvalue weighted by Gasteiger charge is -2.23. The van der Waals surface area contributed by atoms with Gasteiger partial charge in [-0.25, -0.2) is 0 Å². The molecule has 0 aliphatic rings. The summed E-state index contributed by atoms with van der Waals surface area (Å²) in [6.07, 6.45) is 0.324. The van der Waals surface area contributed by atoms with E-state index in [9.17, 15) is 71.6 Å². The number of nitrogens with zero attached hydrogens (tertiary/aromatic N) is 3. The zero-order valence-electron chi connectivity index (χ0n) is 24.8. The molecule has 0 atom stereocenters. The Bertz CT molecular complexity index is 2610. The molecule has 0 saturated carbocycles. The van der Waals surface area contributed by atoms with Crippen LogP contribution in [0.1, 0.15) is 0 Å². The summed E-state index contributed by atoms with van der Waals surface area (Å²) in [5, 5.41) is 11.0. The molecule has 266 valence electrons. The van der Waals surface area contributed by atoms with Crippen LogP contribution in [-0.2, 0) is 50.1 Å². The van der Waals surface area contributed by atoms with Crippen molar-refractivity contribution >= 4 is 103 Å². The minimum absolute atomic E-state index is 0.156. The van der Waals surface area contributed by atoms with E-state index < -0.39 is 70.7 Å². The van der Waals surface area contributed by atoms with Gasteiger partial charge in [-0.3, -0.25) is 47.7 Å². The van der Waals surface area contributed by atoms with Crippen molar-refractivity contribution in [3.63, 3.8) is 0 Å². The van der Waals surface area contributed by atoms with Crippen molar-refractivity contribution in [1.29, 1.82) is 0 Å². The van der Waals surface area contributed by atoms with Crippen LogP contribution < -0.4 is 9.80 Å². The molecule has 0 aliphatic heterocycles. The van der Waals surface area contributed by atoms with E-state index in [1.54, 1.807) is 0 Å². The van der Waals surface area contributed by atoms with E-state index in [1.807, 2.05) is 0 Å². The highest BCUT2D eigenvalue weighted by Gasteiger charge is 2.25. The molecule has 0 bridgehead atoms. The fraction of sp³-hybridized carbons (Fsp3) is 0. The predicted molar refractivity (Wildman–Crippen MR) is 177 cm³/mol. The number of non-ortho nitro benzene ring substituents is 1. The van der Waals surface area contributed by atoms with Crippen molar-refractivity contribution < 1.29 is 66.4 Å². The number of benzene rings is 5. The largest absolute Gasteiger partial charge is 0.295 e. The molecule has 4 N–H and O–H groups in total. The first-order chi connectivity index (χ1) is 23.5. The van der Waals surface area contributed by atoms with E-state index in [2.05, 4.69) is 0 Å². The van der Waals surface area contributed by atoms with Crippen molar-refractivity contribution in [2.24, 2.45) is 0 Å². The van der Waals surface area contributed by atoms with Gasteiger partial charge < -0.3 is 0 Å². The molecule has 0 aliphatic carbocycles. The summed E-state index contributed by atoms with van der Waals surface area (Å²) in [4.78, 5) is 33.8. The molecule has 23 heteroatoms. The van der Waals surface area contributed by atoms with E-state index in [-0.39, 0.29) is 57.1 Å². The minimum Gasteiger partial charge on any atom is -0.283 e.